The van der Waals surface area contributed by atoms with Crippen LogP contribution in [0.4, 0.5) is 0 Å². The molecule has 3 rings (SSSR count). The molecule has 0 bridgehead atoms. The van der Waals surface area contributed by atoms with E-state index in [1.54, 1.807) is 0 Å². The van der Waals surface area contributed by atoms with Gasteiger partial charge < -0.3 is 9.47 Å². The van der Waals surface area contributed by atoms with Crippen LogP contribution in [0, 0.1) is 0 Å². The quantitative estimate of drug-likeness (QED) is 0.530. The van der Waals surface area contributed by atoms with Gasteiger partial charge in [0.15, 0.2) is 5.78 Å². The fraction of sp³-hybridized carbons (Fsp3) is 0.346. The molecule has 0 saturated heterocycles. The Kier molecular flexibility index (Phi) is 6.92. The Morgan fingerprint density at radius 2 is 1.07 bits per heavy atom. The predicted molar refractivity (Wildman–Crippen MR) is 119 cm³/mol. The molecule has 0 heterocycles. The normalized spacial score (nSPS) is 17.4. The van der Waals surface area contributed by atoms with E-state index in [9.17, 15) is 4.79 Å². The average Bonchev–Trinajstić information content (AvgIpc) is 2.67. The van der Waals surface area contributed by atoms with E-state index in [1.165, 1.54) is 0 Å². The zero-order valence-electron chi connectivity index (χ0n) is 17.8. The van der Waals surface area contributed by atoms with Crippen LogP contribution in [0.25, 0.3) is 12.2 Å². The molecule has 0 radical (unpaired) electrons. The molecule has 0 aliphatic heterocycles. The lowest BCUT2D eigenvalue weighted by molar-refractivity contribution is -0.112. The molecule has 3 nitrogen and oxygen atoms in total. The summed E-state index contributed by atoms with van der Waals surface area (Å²) in [4.78, 5) is 13.0. The summed E-state index contributed by atoms with van der Waals surface area (Å²) in [5.41, 5.74) is 3.81. The van der Waals surface area contributed by atoms with E-state index in [0.717, 1.165) is 53.0 Å². The highest BCUT2D eigenvalue weighted by atomic mass is 16.5. The van der Waals surface area contributed by atoms with Gasteiger partial charge in [0, 0.05) is 11.1 Å². The molecule has 1 fully saturated rings. The molecule has 0 aromatic heterocycles. The van der Waals surface area contributed by atoms with E-state index in [2.05, 4.69) is 0 Å². The Balaban J connectivity index is 1.74. The largest absolute Gasteiger partial charge is 0.491 e. The zero-order chi connectivity index (χ0) is 20.8. The molecular weight excluding hydrogens is 360 g/mol. The van der Waals surface area contributed by atoms with Crippen molar-refractivity contribution in [3.8, 4) is 11.5 Å². The van der Waals surface area contributed by atoms with Crippen LogP contribution >= 0.6 is 0 Å². The van der Waals surface area contributed by atoms with Crippen LogP contribution in [0.5, 0.6) is 11.5 Å². The molecule has 29 heavy (non-hydrogen) atoms. The van der Waals surface area contributed by atoms with Crippen molar-refractivity contribution in [1.82, 2.24) is 0 Å². The van der Waals surface area contributed by atoms with Crippen LogP contribution in [0.1, 0.15) is 58.1 Å². The minimum Gasteiger partial charge on any atom is -0.491 e. The van der Waals surface area contributed by atoms with E-state index in [-0.39, 0.29) is 18.0 Å². The number of allylic oxidation sites excluding steroid dienone is 2. The highest BCUT2D eigenvalue weighted by molar-refractivity contribution is 6.13. The molecule has 0 amide bonds. The average molecular weight is 391 g/mol. The molecule has 1 aliphatic rings. The molecule has 0 spiro atoms. The third kappa shape index (κ3) is 6.08. The van der Waals surface area contributed by atoms with Gasteiger partial charge in [-0.2, -0.15) is 0 Å². The number of benzene rings is 2. The Hall–Kier alpha value is -2.81. The van der Waals surface area contributed by atoms with Crippen molar-refractivity contribution >= 4 is 17.9 Å². The Labute approximate surface area is 174 Å². The number of rotatable bonds is 6. The first-order valence-corrected chi connectivity index (χ1v) is 10.4. The standard InChI is InChI=1S/C26H30O3/c1-18(2)28-24-12-8-20(9-13-24)16-22-6-5-7-23(26(22)27)17-21-10-14-25(15-11-21)29-19(3)4/h8-19H,5-7H2,1-4H3/b22-16+,23-17+. The molecule has 152 valence electrons. The van der Waals surface area contributed by atoms with Gasteiger partial charge in [-0.25, -0.2) is 0 Å². The van der Waals surface area contributed by atoms with Crippen molar-refractivity contribution < 1.29 is 14.3 Å². The van der Waals surface area contributed by atoms with E-state index in [4.69, 9.17) is 9.47 Å². The van der Waals surface area contributed by atoms with Crippen molar-refractivity contribution in [3.05, 3.63) is 70.8 Å². The van der Waals surface area contributed by atoms with Crippen LogP contribution < -0.4 is 9.47 Å². The molecule has 1 aliphatic carbocycles. The zero-order valence-corrected chi connectivity index (χ0v) is 17.8. The maximum Gasteiger partial charge on any atom is 0.185 e. The minimum atomic E-state index is 0.151. The maximum atomic E-state index is 13.0. The second-order valence-electron chi connectivity index (χ2n) is 7.99. The smallest absolute Gasteiger partial charge is 0.185 e. The van der Waals surface area contributed by atoms with E-state index >= 15 is 0 Å². The van der Waals surface area contributed by atoms with Gasteiger partial charge >= 0.3 is 0 Å². The van der Waals surface area contributed by atoms with E-state index < -0.39 is 0 Å². The van der Waals surface area contributed by atoms with Gasteiger partial charge in [-0.05, 0) is 94.5 Å². The maximum absolute atomic E-state index is 13.0. The first kappa shape index (κ1) is 20.9. The fourth-order valence-electron chi connectivity index (χ4n) is 3.41. The van der Waals surface area contributed by atoms with Crippen molar-refractivity contribution in [1.29, 1.82) is 0 Å². The lowest BCUT2D eigenvalue weighted by Crippen LogP contribution is -2.12. The molecule has 0 atom stereocenters. The summed E-state index contributed by atoms with van der Waals surface area (Å²) in [6.07, 6.45) is 6.95. The third-order valence-electron chi connectivity index (χ3n) is 4.66. The Morgan fingerprint density at radius 1 is 0.690 bits per heavy atom. The summed E-state index contributed by atoms with van der Waals surface area (Å²) in [6.45, 7) is 8.04. The van der Waals surface area contributed by atoms with Crippen LogP contribution in [0.15, 0.2) is 59.7 Å². The highest BCUT2D eigenvalue weighted by Crippen LogP contribution is 2.29. The van der Waals surface area contributed by atoms with Gasteiger partial charge in [-0.3, -0.25) is 4.79 Å². The number of ketones is 1. The highest BCUT2D eigenvalue weighted by Gasteiger charge is 2.20. The molecule has 0 N–H and O–H groups in total. The summed E-state index contributed by atoms with van der Waals surface area (Å²) in [5, 5.41) is 0. The van der Waals surface area contributed by atoms with Gasteiger partial charge in [-0.1, -0.05) is 24.3 Å². The first-order valence-electron chi connectivity index (χ1n) is 10.4. The number of carbonyl (C=O) groups excluding carboxylic acids is 1. The summed E-state index contributed by atoms with van der Waals surface area (Å²) in [7, 11) is 0. The van der Waals surface area contributed by atoms with Crippen molar-refractivity contribution in [3.63, 3.8) is 0 Å². The molecule has 2 aromatic rings. The lowest BCUT2D eigenvalue weighted by atomic mass is 9.87. The van der Waals surface area contributed by atoms with Crippen molar-refractivity contribution in [2.75, 3.05) is 0 Å². The topological polar surface area (TPSA) is 35.5 Å². The number of carbonyl (C=O) groups is 1. The molecule has 1 saturated carbocycles. The van der Waals surface area contributed by atoms with E-state index in [0.29, 0.717) is 0 Å². The van der Waals surface area contributed by atoms with Crippen LogP contribution in [-0.2, 0) is 4.79 Å². The molecule has 3 heteroatoms. The minimum absolute atomic E-state index is 0.151. The lowest BCUT2D eigenvalue weighted by Gasteiger charge is -2.17. The second kappa shape index (κ2) is 9.60. The van der Waals surface area contributed by atoms with Gasteiger partial charge in [-0.15, -0.1) is 0 Å². The Morgan fingerprint density at radius 3 is 1.41 bits per heavy atom. The van der Waals surface area contributed by atoms with Crippen LogP contribution in [0.3, 0.4) is 0 Å². The molecule has 2 aromatic carbocycles. The Bertz CT molecular complexity index is 811. The SMILES string of the molecule is CC(C)Oc1ccc(/C=C2\CCC/C(=C\c3ccc(OC(C)C)cc3)C2=O)cc1. The molecular formula is C26H30O3. The summed E-state index contributed by atoms with van der Waals surface area (Å²) in [5.74, 6) is 1.85. The van der Waals surface area contributed by atoms with Crippen molar-refractivity contribution in [2.45, 2.75) is 59.2 Å². The van der Waals surface area contributed by atoms with Gasteiger partial charge in [0.05, 0.1) is 12.2 Å². The predicted octanol–water partition coefficient (Wildman–Crippen LogP) is 6.48. The van der Waals surface area contributed by atoms with E-state index in [1.807, 2.05) is 88.4 Å². The van der Waals surface area contributed by atoms with Crippen LogP contribution in [0.2, 0.25) is 0 Å². The van der Waals surface area contributed by atoms with Gasteiger partial charge in [0.2, 0.25) is 0 Å². The van der Waals surface area contributed by atoms with Crippen LogP contribution in [-0.4, -0.2) is 18.0 Å². The van der Waals surface area contributed by atoms with Gasteiger partial charge in [0.1, 0.15) is 11.5 Å². The summed E-state index contributed by atoms with van der Waals surface area (Å²) >= 11 is 0. The monoisotopic (exact) mass is 390 g/mol. The number of hydrogen-bond acceptors (Lipinski definition) is 3. The number of ether oxygens (including phenoxy) is 2. The molecule has 0 unspecified atom stereocenters. The van der Waals surface area contributed by atoms with Crippen molar-refractivity contribution in [2.24, 2.45) is 0 Å². The second-order valence-corrected chi connectivity index (χ2v) is 7.99. The summed E-state index contributed by atoms with van der Waals surface area (Å²) < 4.78 is 11.4. The number of hydrogen-bond donors (Lipinski definition) is 0. The fourth-order valence-corrected chi connectivity index (χ4v) is 3.41. The van der Waals surface area contributed by atoms with Gasteiger partial charge in [0.25, 0.3) is 0 Å². The number of Topliss-reactive ketones (excluding diaryl/α,β-unsaturated/α-hetero) is 1. The third-order valence-corrected chi connectivity index (χ3v) is 4.66. The summed E-state index contributed by atoms with van der Waals surface area (Å²) in [6, 6.07) is 15.8. The first-order chi connectivity index (χ1) is 13.9.